The third-order valence-corrected chi connectivity index (χ3v) is 1.35. The second-order valence-corrected chi connectivity index (χ2v) is 2.15. The molecule has 0 saturated carbocycles. The van der Waals surface area contributed by atoms with E-state index in [1.807, 2.05) is 0 Å². The lowest BCUT2D eigenvalue weighted by Gasteiger charge is -1.89. The van der Waals surface area contributed by atoms with Gasteiger partial charge in [-0.15, -0.1) is 5.10 Å². The highest BCUT2D eigenvalue weighted by molar-refractivity contribution is 5.88. The Morgan fingerprint density at radius 3 is 2.27 bits per heavy atom. The quantitative estimate of drug-likeness (QED) is 0.521. The van der Waals surface area contributed by atoms with E-state index in [9.17, 15) is 9.59 Å². The fourth-order valence-corrected chi connectivity index (χ4v) is 0.774. The fourth-order valence-electron chi connectivity index (χ4n) is 0.774. The highest BCUT2D eigenvalue weighted by Gasteiger charge is 2.11. The van der Waals surface area contributed by atoms with E-state index in [1.165, 1.54) is 14.1 Å². The molecule has 1 aromatic heterocycles. The first-order chi connectivity index (χ1) is 5.04. The first-order valence-corrected chi connectivity index (χ1v) is 2.94. The summed E-state index contributed by atoms with van der Waals surface area (Å²) in [6.45, 7) is 0. The maximum absolute atomic E-state index is 10.9. The summed E-state index contributed by atoms with van der Waals surface area (Å²) < 4.78 is 2.16. The topological polar surface area (TPSA) is 82.9 Å². The Morgan fingerprint density at radius 1 is 1.55 bits per heavy atom. The van der Waals surface area contributed by atoms with Gasteiger partial charge in [0.05, 0.1) is 0 Å². The molecule has 0 radical (unpaired) electrons. The van der Waals surface area contributed by atoms with Crippen molar-refractivity contribution < 1.29 is 4.79 Å². The summed E-state index contributed by atoms with van der Waals surface area (Å²) >= 11 is 0. The standard InChI is InChI=1S/C5H8N4O2/c1-8-4(3(6)10)7-9(2)5(8)11/h1-2H3,(H2,6,10). The maximum Gasteiger partial charge on any atom is 0.345 e. The Kier molecular flexibility index (Phi) is 1.52. The van der Waals surface area contributed by atoms with Crippen LogP contribution in [0, 0.1) is 0 Å². The van der Waals surface area contributed by atoms with Crippen LogP contribution < -0.4 is 11.4 Å². The zero-order chi connectivity index (χ0) is 8.59. The number of nitrogens with two attached hydrogens (primary N) is 1. The molecule has 0 spiro atoms. The van der Waals surface area contributed by atoms with Crippen molar-refractivity contribution in [1.29, 1.82) is 0 Å². The number of amides is 1. The van der Waals surface area contributed by atoms with Gasteiger partial charge < -0.3 is 5.73 Å². The van der Waals surface area contributed by atoms with Gasteiger partial charge in [-0.3, -0.25) is 9.36 Å². The lowest BCUT2D eigenvalue weighted by Crippen LogP contribution is -2.23. The molecule has 0 unspecified atom stereocenters. The van der Waals surface area contributed by atoms with Crippen LogP contribution in [0.15, 0.2) is 4.79 Å². The number of aryl methyl sites for hydroxylation is 1. The molecule has 0 bridgehead atoms. The van der Waals surface area contributed by atoms with Crippen molar-refractivity contribution in [2.45, 2.75) is 0 Å². The van der Waals surface area contributed by atoms with Crippen molar-refractivity contribution in [3.63, 3.8) is 0 Å². The molecule has 0 aromatic carbocycles. The van der Waals surface area contributed by atoms with E-state index >= 15 is 0 Å². The molecule has 0 aliphatic heterocycles. The largest absolute Gasteiger partial charge is 0.363 e. The minimum Gasteiger partial charge on any atom is -0.363 e. The molecule has 0 saturated heterocycles. The van der Waals surface area contributed by atoms with Gasteiger partial charge >= 0.3 is 5.69 Å². The molecule has 1 aromatic rings. The van der Waals surface area contributed by atoms with Gasteiger partial charge in [0.25, 0.3) is 5.91 Å². The average molecular weight is 156 g/mol. The molecule has 0 aliphatic carbocycles. The van der Waals surface area contributed by atoms with Crippen LogP contribution in [0.5, 0.6) is 0 Å². The lowest BCUT2D eigenvalue weighted by molar-refractivity contribution is 0.0986. The molecule has 11 heavy (non-hydrogen) atoms. The van der Waals surface area contributed by atoms with Gasteiger partial charge in [0.1, 0.15) is 0 Å². The number of primary amides is 1. The molecular weight excluding hydrogens is 148 g/mol. The van der Waals surface area contributed by atoms with Crippen LogP contribution in [0.3, 0.4) is 0 Å². The minimum absolute atomic E-state index is 0.0301. The third-order valence-electron chi connectivity index (χ3n) is 1.35. The third kappa shape index (κ3) is 1.02. The zero-order valence-electron chi connectivity index (χ0n) is 6.24. The van der Waals surface area contributed by atoms with Crippen LogP contribution in [0.1, 0.15) is 10.6 Å². The van der Waals surface area contributed by atoms with Gasteiger partial charge in [-0.05, 0) is 0 Å². The van der Waals surface area contributed by atoms with Crippen molar-refractivity contribution in [3.8, 4) is 0 Å². The Morgan fingerprint density at radius 2 is 2.09 bits per heavy atom. The van der Waals surface area contributed by atoms with Gasteiger partial charge in [0.15, 0.2) is 0 Å². The summed E-state index contributed by atoms with van der Waals surface area (Å²) in [5, 5.41) is 3.60. The van der Waals surface area contributed by atoms with Gasteiger partial charge in [-0.25, -0.2) is 9.48 Å². The van der Waals surface area contributed by atoms with Gasteiger partial charge in [-0.2, -0.15) is 0 Å². The smallest absolute Gasteiger partial charge is 0.345 e. The van der Waals surface area contributed by atoms with Crippen LogP contribution in [-0.2, 0) is 14.1 Å². The lowest BCUT2D eigenvalue weighted by atomic mass is 10.6. The normalized spacial score (nSPS) is 10.0. The van der Waals surface area contributed by atoms with Crippen LogP contribution in [0.4, 0.5) is 0 Å². The predicted octanol–water partition coefficient (Wildman–Crippen LogP) is -1.78. The van der Waals surface area contributed by atoms with Crippen molar-refractivity contribution >= 4 is 5.91 Å². The van der Waals surface area contributed by atoms with E-state index in [0.29, 0.717) is 0 Å². The second kappa shape index (κ2) is 2.22. The Balaban J connectivity index is 3.42. The summed E-state index contributed by atoms with van der Waals surface area (Å²) in [5.41, 5.74) is 4.56. The molecule has 2 N–H and O–H groups in total. The maximum atomic E-state index is 10.9. The van der Waals surface area contributed by atoms with E-state index < -0.39 is 5.91 Å². The van der Waals surface area contributed by atoms with Gasteiger partial charge in [-0.1, -0.05) is 0 Å². The number of aromatic nitrogens is 3. The van der Waals surface area contributed by atoms with E-state index in [4.69, 9.17) is 5.73 Å². The van der Waals surface area contributed by atoms with Crippen molar-refractivity contribution in [2.24, 2.45) is 19.8 Å². The summed E-state index contributed by atoms with van der Waals surface area (Å²) in [6, 6.07) is 0. The molecule has 1 heterocycles. The summed E-state index contributed by atoms with van der Waals surface area (Å²) in [5.74, 6) is -0.734. The van der Waals surface area contributed by atoms with Crippen LogP contribution in [0.25, 0.3) is 0 Å². The average Bonchev–Trinajstić information content (AvgIpc) is 2.17. The Bertz CT molecular complexity index is 348. The monoisotopic (exact) mass is 156 g/mol. The number of hydrogen-bond acceptors (Lipinski definition) is 3. The molecular formula is C5H8N4O2. The second-order valence-electron chi connectivity index (χ2n) is 2.15. The number of hydrogen-bond donors (Lipinski definition) is 1. The number of nitrogens with zero attached hydrogens (tertiary/aromatic N) is 3. The van der Waals surface area contributed by atoms with Crippen LogP contribution >= 0.6 is 0 Å². The van der Waals surface area contributed by atoms with E-state index in [1.54, 1.807) is 0 Å². The van der Waals surface area contributed by atoms with E-state index in [0.717, 1.165) is 9.25 Å². The van der Waals surface area contributed by atoms with E-state index in [-0.39, 0.29) is 11.5 Å². The van der Waals surface area contributed by atoms with Crippen molar-refractivity contribution in [2.75, 3.05) is 0 Å². The van der Waals surface area contributed by atoms with Crippen LogP contribution in [0.2, 0.25) is 0 Å². The SMILES string of the molecule is Cn1nc(C(N)=O)n(C)c1=O. The Labute approximate surface area is 62.2 Å². The minimum atomic E-state index is -0.704. The molecule has 1 rings (SSSR count). The molecule has 0 fully saturated rings. The first-order valence-electron chi connectivity index (χ1n) is 2.94. The van der Waals surface area contributed by atoms with E-state index in [2.05, 4.69) is 5.10 Å². The van der Waals surface area contributed by atoms with Crippen molar-refractivity contribution in [3.05, 3.63) is 16.3 Å². The summed E-state index contributed by atoms with van der Waals surface area (Å²) in [7, 11) is 2.89. The molecule has 0 atom stereocenters. The summed E-state index contributed by atoms with van der Waals surface area (Å²) in [6.07, 6.45) is 0. The van der Waals surface area contributed by atoms with Crippen molar-refractivity contribution in [1.82, 2.24) is 14.3 Å². The van der Waals surface area contributed by atoms with Gasteiger partial charge in [0, 0.05) is 14.1 Å². The fraction of sp³-hybridized carbons (Fsp3) is 0.400. The molecule has 60 valence electrons. The van der Waals surface area contributed by atoms with Gasteiger partial charge in [0.2, 0.25) is 5.82 Å². The number of rotatable bonds is 1. The highest BCUT2D eigenvalue weighted by Crippen LogP contribution is 1.84. The van der Waals surface area contributed by atoms with Crippen LogP contribution in [-0.4, -0.2) is 20.3 Å². The molecule has 6 nitrogen and oxygen atoms in total. The zero-order valence-corrected chi connectivity index (χ0v) is 6.24. The highest BCUT2D eigenvalue weighted by atomic mass is 16.2. The molecule has 0 aliphatic rings. The number of carbonyl (C=O) groups excluding carboxylic acids is 1. The summed E-state index contributed by atoms with van der Waals surface area (Å²) in [4.78, 5) is 21.5. The number of carbonyl (C=O) groups is 1. The molecule has 6 heteroatoms. The Hall–Kier alpha value is -1.59. The predicted molar refractivity (Wildman–Crippen MR) is 37.0 cm³/mol. The first kappa shape index (κ1) is 7.52. The molecule has 1 amide bonds.